The Kier molecular flexibility index (Phi) is 3.09. The Morgan fingerprint density at radius 2 is 2.10 bits per heavy atom. The average Bonchev–Trinajstić information content (AvgIpc) is 2.94. The number of hydrogen-bond donors (Lipinski definition) is 3. The number of carbonyl (C=O) groups excluding carboxylic acids is 2. The first kappa shape index (κ1) is 13.2. The van der Waals surface area contributed by atoms with Gasteiger partial charge in [0.25, 0.3) is 5.91 Å². The number of piperazine rings is 1. The molecule has 7 heteroatoms. The lowest BCUT2D eigenvalue weighted by molar-refractivity contribution is -0.144. The molecule has 1 fully saturated rings. The Morgan fingerprint density at radius 3 is 2.86 bits per heavy atom. The lowest BCUT2D eigenvalue weighted by Gasteiger charge is -2.32. The number of rotatable bonds is 2. The average molecular weight is 287 g/mol. The van der Waals surface area contributed by atoms with E-state index in [0.29, 0.717) is 11.1 Å². The largest absolute Gasteiger partial charge is 0.480 e. The van der Waals surface area contributed by atoms with Gasteiger partial charge in [-0.25, -0.2) is 4.79 Å². The van der Waals surface area contributed by atoms with Crippen LogP contribution in [0.1, 0.15) is 10.4 Å². The van der Waals surface area contributed by atoms with Gasteiger partial charge in [-0.05, 0) is 12.1 Å². The molecular formula is C14H13N3O4. The molecule has 1 aliphatic rings. The zero-order valence-electron chi connectivity index (χ0n) is 11.0. The number of aliphatic carboxylic acids is 1. The molecule has 108 valence electrons. The smallest absolute Gasteiger partial charge is 0.328 e. The van der Waals surface area contributed by atoms with Crippen LogP contribution in [0, 0.1) is 0 Å². The summed E-state index contributed by atoms with van der Waals surface area (Å²) >= 11 is 0. The minimum absolute atomic E-state index is 0.0827. The number of benzene rings is 1. The lowest BCUT2D eigenvalue weighted by Crippen LogP contribution is -2.59. The molecule has 1 unspecified atom stereocenters. The fourth-order valence-electron chi connectivity index (χ4n) is 2.49. The van der Waals surface area contributed by atoms with E-state index in [4.69, 9.17) is 0 Å². The van der Waals surface area contributed by atoms with Crippen LogP contribution in [-0.4, -0.2) is 51.9 Å². The number of fused-ring (bicyclic) bond motifs is 1. The quantitative estimate of drug-likeness (QED) is 0.733. The van der Waals surface area contributed by atoms with Gasteiger partial charge in [0.05, 0.1) is 11.1 Å². The van der Waals surface area contributed by atoms with Gasteiger partial charge in [0.15, 0.2) is 0 Å². The number of amides is 2. The van der Waals surface area contributed by atoms with Crippen molar-refractivity contribution in [1.29, 1.82) is 0 Å². The Hall–Kier alpha value is -2.83. The zero-order valence-corrected chi connectivity index (χ0v) is 11.0. The van der Waals surface area contributed by atoms with Crippen molar-refractivity contribution >= 4 is 28.7 Å². The Morgan fingerprint density at radius 1 is 1.29 bits per heavy atom. The first-order valence-corrected chi connectivity index (χ1v) is 6.44. The molecular weight excluding hydrogens is 274 g/mol. The van der Waals surface area contributed by atoms with Crippen molar-refractivity contribution < 1.29 is 19.5 Å². The number of para-hydroxylation sites is 1. The van der Waals surface area contributed by atoms with Crippen molar-refractivity contribution in [2.45, 2.75) is 6.04 Å². The number of nitrogens with one attached hydrogen (secondary N) is 2. The van der Waals surface area contributed by atoms with E-state index in [0.717, 1.165) is 10.3 Å². The number of H-pyrrole nitrogens is 1. The van der Waals surface area contributed by atoms with Crippen molar-refractivity contribution in [1.82, 2.24) is 15.2 Å². The molecule has 2 aromatic rings. The summed E-state index contributed by atoms with van der Waals surface area (Å²) in [5, 5.41) is 12.5. The molecule has 0 bridgehead atoms. The summed E-state index contributed by atoms with van der Waals surface area (Å²) in [6, 6.07) is 5.96. The monoisotopic (exact) mass is 287 g/mol. The Balaban J connectivity index is 2.01. The number of aromatic nitrogens is 1. The maximum absolute atomic E-state index is 12.6. The molecule has 3 rings (SSSR count). The summed E-state index contributed by atoms with van der Waals surface area (Å²) in [5.74, 6) is -1.97. The number of carboxylic acids is 1. The van der Waals surface area contributed by atoms with E-state index in [1.165, 1.54) is 0 Å². The van der Waals surface area contributed by atoms with Crippen LogP contribution in [0.3, 0.4) is 0 Å². The van der Waals surface area contributed by atoms with Gasteiger partial charge in [0, 0.05) is 18.1 Å². The lowest BCUT2D eigenvalue weighted by atomic mass is 10.1. The van der Waals surface area contributed by atoms with Gasteiger partial charge in [0.2, 0.25) is 5.91 Å². The third kappa shape index (κ3) is 2.22. The second kappa shape index (κ2) is 4.93. The molecule has 21 heavy (non-hydrogen) atoms. The van der Waals surface area contributed by atoms with E-state index in [-0.39, 0.29) is 19.0 Å². The predicted molar refractivity (Wildman–Crippen MR) is 73.8 cm³/mol. The second-order valence-corrected chi connectivity index (χ2v) is 4.84. The van der Waals surface area contributed by atoms with Crippen LogP contribution in [0.2, 0.25) is 0 Å². The molecule has 0 radical (unpaired) electrons. The van der Waals surface area contributed by atoms with Crippen molar-refractivity contribution in [3.63, 3.8) is 0 Å². The van der Waals surface area contributed by atoms with Gasteiger partial charge in [-0.1, -0.05) is 12.1 Å². The molecule has 0 saturated carbocycles. The molecule has 1 atom stereocenters. The van der Waals surface area contributed by atoms with Crippen LogP contribution in [0.25, 0.3) is 10.9 Å². The van der Waals surface area contributed by atoms with Crippen LogP contribution in [0.4, 0.5) is 0 Å². The molecule has 3 N–H and O–H groups in total. The van der Waals surface area contributed by atoms with E-state index in [9.17, 15) is 19.5 Å². The van der Waals surface area contributed by atoms with Gasteiger partial charge >= 0.3 is 5.97 Å². The van der Waals surface area contributed by atoms with Crippen molar-refractivity contribution in [2.75, 3.05) is 13.1 Å². The summed E-state index contributed by atoms with van der Waals surface area (Å²) < 4.78 is 0. The minimum atomic E-state index is -1.14. The second-order valence-electron chi connectivity index (χ2n) is 4.84. The third-order valence-corrected chi connectivity index (χ3v) is 3.55. The predicted octanol–water partition coefficient (Wildman–Crippen LogP) is 0.193. The molecule has 1 aromatic heterocycles. The van der Waals surface area contributed by atoms with Crippen LogP contribution in [0.15, 0.2) is 30.5 Å². The van der Waals surface area contributed by atoms with Crippen molar-refractivity contribution in [3.05, 3.63) is 36.0 Å². The van der Waals surface area contributed by atoms with Crippen molar-refractivity contribution in [3.8, 4) is 0 Å². The van der Waals surface area contributed by atoms with Crippen molar-refractivity contribution in [2.24, 2.45) is 0 Å². The molecule has 2 heterocycles. The molecule has 0 aliphatic carbocycles. The summed E-state index contributed by atoms with van der Waals surface area (Å²) in [6.07, 6.45) is 1.71. The molecule has 0 spiro atoms. The molecule has 2 amide bonds. The fraction of sp³-hybridized carbons (Fsp3) is 0.214. The van der Waals surface area contributed by atoms with E-state index < -0.39 is 17.9 Å². The van der Waals surface area contributed by atoms with E-state index in [2.05, 4.69) is 10.3 Å². The first-order chi connectivity index (χ1) is 10.1. The number of nitrogens with zero attached hydrogens (tertiary/aromatic N) is 1. The Bertz CT molecular complexity index is 737. The molecule has 1 aromatic carbocycles. The summed E-state index contributed by atoms with van der Waals surface area (Å²) in [6.45, 7) is -0.340. The SMILES string of the molecule is O=C1CN(C(=O)c2cccc3cc[nH]c23)C(C(=O)O)CN1. The maximum atomic E-state index is 12.6. The first-order valence-electron chi connectivity index (χ1n) is 6.44. The van der Waals surface area contributed by atoms with Gasteiger partial charge in [0.1, 0.15) is 12.6 Å². The van der Waals surface area contributed by atoms with Gasteiger partial charge in [-0.15, -0.1) is 0 Å². The molecule has 1 aliphatic heterocycles. The van der Waals surface area contributed by atoms with E-state index >= 15 is 0 Å². The summed E-state index contributed by atoms with van der Waals surface area (Å²) in [4.78, 5) is 39.4. The van der Waals surface area contributed by atoms with Crippen LogP contribution < -0.4 is 5.32 Å². The minimum Gasteiger partial charge on any atom is -0.480 e. The summed E-state index contributed by atoms with van der Waals surface area (Å²) in [7, 11) is 0. The zero-order chi connectivity index (χ0) is 15.0. The normalized spacial score (nSPS) is 18.6. The fourth-order valence-corrected chi connectivity index (χ4v) is 2.49. The Labute approximate surface area is 119 Å². The highest BCUT2D eigenvalue weighted by Crippen LogP contribution is 2.20. The standard InChI is InChI=1S/C14H13N3O4/c18-11-7-17(10(6-16-11)14(20)21)13(19)9-3-1-2-8-4-5-15-12(8)9/h1-5,10,15H,6-7H2,(H,16,18)(H,20,21). The number of carbonyl (C=O) groups is 3. The van der Waals surface area contributed by atoms with E-state index in [1.54, 1.807) is 18.3 Å². The molecule has 1 saturated heterocycles. The van der Waals surface area contributed by atoms with Crippen LogP contribution in [0.5, 0.6) is 0 Å². The highest BCUT2D eigenvalue weighted by molar-refractivity contribution is 6.08. The summed E-state index contributed by atoms with van der Waals surface area (Å²) in [5.41, 5.74) is 0.996. The highest BCUT2D eigenvalue weighted by Gasteiger charge is 2.36. The van der Waals surface area contributed by atoms with E-state index in [1.807, 2.05) is 12.1 Å². The van der Waals surface area contributed by atoms with Gasteiger partial charge in [-0.3, -0.25) is 9.59 Å². The topological polar surface area (TPSA) is 103 Å². The maximum Gasteiger partial charge on any atom is 0.328 e. The number of carboxylic acid groups (broad SMARTS) is 1. The number of hydrogen-bond acceptors (Lipinski definition) is 3. The highest BCUT2D eigenvalue weighted by atomic mass is 16.4. The molecule has 7 nitrogen and oxygen atoms in total. The third-order valence-electron chi connectivity index (χ3n) is 3.55. The van der Waals surface area contributed by atoms with Crippen LogP contribution >= 0.6 is 0 Å². The van der Waals surface area contributed by atoms with Gasteiger partial charge in [-0.2, -0.15) is 0 Å². The van der Waals surface area contributed by atoms with Gasteiger partial charge < -0.3 is 20.3 Å². The van der Waals surface area contributed by atoms with Crippen LogP contribution in [-0.2, 0) is 9.59 Å². The number of aromatic amines is 1.